The van der Waals surface area contributed by atoms with Crippen LogP contribution in [-0.2, 0) is 4.74 Å². The molecular weight excluding hydrogens is 226 g/mol. The zero-order valence-electron chi connectivity index (χ0n) is 11.8. The van der Waals surface area contributed by atoms with Crippen LogP contribution in [-0.4, -0.2) is 50.8 Å². The lowest BCUT2D eigenvalue weighted by molar-refractivity contribution is 0.157. The summed E-state index contributed by atoms with van der Waals surface area (Å²) in [5, 5.41) is 3.43. The molecule has 2 fully saturated rings. The summed E-state index contributed by atoms with van der Waals surface area (Å²) in [7, 11) is 1.79. The van der Waals surface area contributed by atoms with Gasteiger partial charge in [0, 0.05) is 39.2 Å². The molecule has 0 spiro atoms. The molecule has 1 atom stereocenters. The van der Waals surface area contributed by atoms with Crippen molar-refractivity contribution >= 4 is 5.96 Å². The average molecular weight is 253 g/mol. The Morgan fingerprint density at radius 1 is 1.33 bits per heavy atom. The second-order valence-corrected chi connectivity index (χ2v) is 5.55. The highest BCUT2D eigenvalue weighted by Gasteiger charge is 2.25. The molecule has 1 aliphatic carbocycles. The number of likely N-dealkylation sites (tertiary alicyclic amines) is 1. The summed E-state index contributed by atoms with van der Waals surface area (Å²) in [6, 6.07) is 0. The Kier molecular flexibility index (Phi) is 5.29. The monoisotopic (exact) mass is 253 g/mol. The number of guanidine groups is 1. The summed E-state index contributed by atoms with van der Waals surface area (Å²) >= 11 is 0. The van der Waals surface area contributed by atoms with Crippen molar-refractivity contribution in [1.82, 2.24) is 10.2 Å². The van der Waals surface area contributed by atoms with Crippen molar-refractivity contribution in [2.24, 2.45) is 16.8 Å². The van der Waals surface area contributed by atoms with Crippen LogP contribution in [0.2, 0.25) is 0 Å². The molecule has 0 amide bonds. The smallest absolute Gasteiger partial charge is 0.193 e. The Morgan fingerprint density at radius 3 is 2.78 bits per heavy atom. The number of methoxy groups -OCH3 is 1. The lowest BCUT2D eigenvalue weighted by Gasteiger charge is -2.26. The summed E-state index contributed by atoms with van der Waals surface area (Å²) < 4.78 is 5.25. The summed E-state index contributed by atoms with van der Waals surface area (Å²) in [5.41, 5.74) is 0. The first-order valence-corrected chi connectivity index (χ1v) is 7.35. The molecule has 0 aromatic heterocycles. The van der Waals surface area contributed by atoms with Gasteiger partial charge in [-0.2, -0.15) is 0 Å². The third-order valence-electron chi connectivity index (χ3n) is 4.05. The fourth-order valence-electron chi connectivity index (χ4n) is 2.71. The molecule has 1 heterocycles. The highest BCUT2D eigenvalue weighted by Crippen LogP contribution is 2.26. The van der Waals surface area contributed by atoms with Gasteiger partial charge in [0.15, 0.2) is 5.96 Å². The molecule has 1 N–H and O–H groups in total. The maximum Gasteiger partial charge on any atom is 0.193 e. The molecule has 0 aromatic carbocycles. The maximum atomic E-state index is 5.25. The molecule has 2 rings (SSSR count). The van der Waals surface area contributed by atoms with E-state index in [2.05, 4.69) is 17.1 Å². The largest absolute Gasteiger partial charge is 0.384 e. The van der Waals surface area contributed by atoms with Crippen LogP contribution in [0.3, 0.4) is 0 Å². The molecule has 4 heteroatoms. The molecule has 4 nitrogen and oxygen atoms in total. The van der Waals surface area contributed by atoms with Crippen molar-refractivity contribution in [2.75, 3.05) is 39.9 Å². The standard InChI is InChI=1S/C14H27N3O/c1-3-15-14(16-9-12-5-4-6-12)17-8-7-13(10-17)11-18-2/h12-13H,3-11H2,1-2H3,(H,15,16). The average Bonchev–Trinajstić information content (AvgIpc) is 2.75. The van der Waals surface area contributed by atoms with Crippen LogP contribution in [0.5, 0.6) is 0 Å². The van der Waals surface area contributed by atoms with Gasteiger partial charge in [-0.3, -0.25) is 4.99 Å². The third kappa shape index (κ3) is 3.61. The lowest BCUT2D eigenvalue weighted by atomic mass is 9.86. The van der Waals surface area contributed by atoms with Gasteiger partial charge in [-0.05, 0) is 32.1 Å². The summed E-state index contributed by atoms with van der Waals surface area (Å²) in [5.74, 6) is 2.63. The second kappa shape index (κ2) is 6.98. The van der Waals surface area contributed by atoms with E-state index in [0.29, 0.717) is 5.92 Å². The Balaban J connectivity index is 1.84. The Hall–Kier alpha value is -0.770. The Bertz CT molecular complexity index is 276. The predicted octanol–water partition coefficient (Wildman–Crippen LogP) is 1.72. The van der Waals surface area contributed by atoms with Crippen molar-refractivity contribution in [2.45, 2.75) is 32.6 Å². The van der Waals surface area contributed by atoms with Gasteiger partial charge in [-0.1, -0.05) is 6.42 Å². The summed E-state index contributed by atoms with van der Waals surface area (Å²) in [6.07, 6.45) is 5.36. The van der Waals surface area contributed by atoms with E-state index < -0.39 is 0 Å². The SMILES string of the molecule is CCNC(=NCC1CCC1)N1CCC(COC)C1. The third-order valence-corrected chi connectivity index (χ3v) is 4.05. The first kappa shape index (κ1) is 13.7. The minimum atomic E-state index is 0.669. The van der Waals surface area contributed by atoms with Gasteiger partial charge in [-0.25, -0.2) is 0 Å². The molecule has 0 bridgehead atoms. The fraction of sp³-hybridized carbons (Fsp3) is 0.929. The van der Waals surface area contributed by atoms with E-state index >= 15 is 0 Å². The maximum absolute atomic E-state index is 5.25. The van der Waals surface area contributed by atoms with Crippen LogP contribution in [0.15, 0.2) is 4.99 Å². The first-order chi connectivity index (χ1) is 8.83. The Morgan fingerprint density at radius 2 is 2.17 bits per heavy atom. The van der Waals surface area contributed by atoms with Crippen molar-refractivity contribution in [3.05, 3.63) is 0 Å². The molecule has 104 valence electrons. The molecule has 18 heavy (non-hydrogen) atoms. The number of hydrogen-bond donors (Lipinski definition) is 1. The molecule has 1 aliphatic heterocycles. The van der Waals surface area contributed by atoms with E-state index in [9.17, 15) is 0 Å². The minimum absolute atomic E-state index is 0.669. The highest BCUT2D eigenvalue weighted by molar-refractivity contribution is 5.80. The quantitative estimate of drug-likeness (QED) is 0.599. The number of rotatable bonds is 5. The highest BCUT2D eigenvalue weighted by atomic mass is 16.5. The van der Waals surface area contributed by atoms with Crippen molar-refractivity contribution in [3.8, 4) is 0 Å². The van der Waals surface area contributed by atoms with Crippen LogP contribution in [0.25, 0.3) is 0 Å². The minimum Gasteiger partial charge on any atom is -0.384 e. The number of ether oxygens (including phenoxy) is 1. The lowest BCUT2D eigenvalue weighted by Crippen LogP contribution is -2.40. The van der Waals surface area contributed by atoms with Gasteiger partial charge < -0.3 is 15.0 Å². The molecule has 1 saturated carbocycles. The van der Waals surface area contributed by atoms with E-state index in [1.54, 1.807) is 7.11 Å². The fourth-order valence-corrected chi connectivity index (χ4v) is 2.71. The van der Waals surface area contributed by atoms with Crippen LogP contribution < -0.4 is 5.32 Å². The number of aliphatic imine (C=N–C) groups is 1. The molecule has 1 saturated heterocycles. The van der Waals surface area contributed by atoms with Gasteiger partial charge in [0.1, 0.15) is 0 Å². The van der Waals surface area contributed by atoms with E-state index in [0.717, 1.165) is 44.7 Å². The number of nitrogens with one attached hydrogen (secondary N) is 1. The van der Waals surface area contributed by atoms with E-state index in [1.807, 2.05) is 0 Å². The van der Waals surface area contributed by atoms with Crippen molar-refractivity contribution in [3.63, 3.8) is 0 Å². The molecular formula is C14H27N3O. The predicted molar refractivity (Wildman–Crippen MR) is 74.9 cm³/mol. The van der Waals surface area contributed by atoms with Crippen LogP contribution in [0, 0.1) is 11.8 Å². The zero-order chi connectivity index (χ0) is 12.8. The number of nitrogens with zero attached hydrogens (tertiary/aromatic N) is 2. The van der Waals surface area contributed by atoms with Gasteiger partial charge in [0.2, 0.25) is 0 Å². The van der Waals surface area contributed by atoms with Crippen LogP contribution >= 0.6 is 0 Å². The van der Waals surface area contributed by atoms with Gasteiger partial charge >= 0.3 is 0 Å². The second-order valence-electron chi connectivity index (χ2n) is 5.55. The van der Waals surface area contributed by atoms with Crippen LogP contribution in [0.4, 0.5) is 0 Å². The van der Waals surface area contributed by atoms with Crippen molar-refractivity contribution < 1.29 is 4.74 Å². The topological polar surface area (TPSA) is 36.9 Å². The summed E-state index contributed by atoms with van der Waals surface area (Å²) in [6.45, 7) is 7.18. The Labute approximate surface area is 111 Å². The molecule has 2 aliphatic rings. The van der Waals surface area contributed by atoms with E-state index in [4.69, 9.17) is 9.73 Å². The van der Waals surface area contributed by atoms with Crippen LogP contribution in [0.1, 0.15) is 32.6 Å². The zero-order valence-corrected chi connectivity index (χ0v) is 11.8. The van der Waals surface area contributed by atoms with E-state index in [1.165, 1.54) is 25.7 Å². The molecule has 1 unspecified atom stereocenters. The first-order valence-electron chi connectivity index (χ1n) is 7.35. The molecule has 0 radical (unpaired) electrons. The normalized spacial score (nSPS) is 25.3. The number of hydrogen-bond acceptors (Lipinski definition) is 2. The van der Waals surface area contributed by atoms with Gasteiger partial charge in [-0.15, -0.1) is 0 Å². The van der Waals surface area contributed by atoms with Gasteiger partial charge in [0.25, 0.3) is 0 Å². The van der Waals surface area contributed by atoms with Crippen molar-refractivity contribution in [1.29, 1.82) is 0 Å². The van der Waals surface area contributed by atoms with E-state index in [-0.39, 0.29) is 0 Å². The summed E-state index contributed by atoms with van der Waals surface area (Å²) in [4.78, 5) is 7.20. The molecule has 0 aromatic rings. The van der Waals surface area contributed by atoms with Gasteiger partial charge in [0.05, 0.1) is 6.61 Å².